The summed E-state index contributed by atoms with van der Waals surface area (Å²) in [6, 6.07) is 8.97. The first-order valence-electron chi connectivity index (χ1n) is 7.82. The van der Waals surface area contributed by atoms with Crippen LogP contribution in [0.1, 0.15) is 25.2 Å². The fraction of sp³-hybridized carbons (Fsp3) is 0.235. The first-order valence-corrected chi connectivity index (χ1v) is 8.63. The van der Waals surface area contributed by atoms with Gasteiger partial charge in [0, 0.05) is 13.8 Å². The van der Waals surface area contributed by atoms with Crippen molar-refractivity contribution in [3.8, 4) is 22.0 Å². The Hall–Kier alpha value is -2.81. The van der Waals surface area contributed by atoms with Gasteiger partial charge in [-0.3, -0.25) is 4.79 Å². The number of ether oxygens (including phenoxy) is 1. The van der Waals surface area contributed by atoms with Crippen LogP contribution in [0.2, 0.25) is 0 Å². The number of carbonyl (C=O) groups excluding carboxylic acids is 1. The maximum atomic E-state index is 14.1. The van der Waals surface area contributed by atoms with Gasteiger partial charge in [0.25, 0.3) is 5.92 Å². The fourth-order valence-electron chi connectivity index (χ4n) is 2.76. The summed E-state index contributed by atoms with van der Waals surface area (Å²) < 4.78 is 35.2. The minimum Gasteiger partial charge on any atom is -0.483 e. The average molecular weight is 376 g/mol. The normalized spacial score (nSPS) is 12.9. The topological polar surface area (TPSA) is 69.0 Å². The molecule has 0 atom stereocenters. The zero-order valence-corrected chi connectivity index (χ0v) is 14.7. The molecule has 9 heteroatoms. The Morgan fingerprint density at radius 2 is 2.08 bits per heavy atom. The second-order valence-corrected chi connectivity index (χ2v) is 6.93. The van der Waals surface area contributed by atoms with E-state index >= 15 is 0 Å². The predicted octanol–water partition coefficient (Wildman–Crippen LogP) is 3.96. The third-order valence-electron chi connectivity index (χ3n) is 3.81. The van der Waals surface area contributed by atoms with Crippen LogP contribution < -0.4 is 10.1 Å². The van der Waals surface area contributed by atoms with E-state index in [-0.39, 0.29) is 18.3 Å². The summed E-state index contributed by atoms with van der Waals surface area (Å²) in [7, 11) is 0. The van der Waals surface area contributed by atoms with Crippen LogP contribution in [0, 0.1) is 0 Å². The molecule has 0 spiro atoms. The fourth-order valence-corrected chi connectivity index (χ4v) is 3.80. The van der Waals surface area contributed by atoms with Crippen LogP contribution >= 0.6 is 11.3 Å². The first-order chi connectivity index (χ1) is 12.3. The van der Waals surface area contributed by atoms with Crippen molar-refractivity contribution >= 4 is 22.4 Å². The number of anilines is 1. The van der Waals surface area contributed by atoms with E-state index in [1.807, 2.05) is 6.07 Å². The smallest absolute Gasteiger partial charge is 0.292 e. The number of benzene rings is 1. The summed E-state index contributed by atoms with van der Waals surface area (Å²) in [6.45, 7) is 2.22. The summed E-state index contributed by atoms with van der Waals surface area (Å²) in [5.41, 5.74) is 1.21. The molecule has 1 amide bonds. The van der Waals surface area contributed by atoms with Crippen LogP contribution in [-0.4, -0.2) is 20.7 Å². The number of hydrogen-bond acceptors (Lipinski definition) is 5. The van der Waals surface area contributed by atoms with Gasteiger partial charge in [-0.15, -0.1) is 0 Å². The van der Waals surface area contributed by atoms with E-state index < -0.39 is 11.6 Å². The largest absolute Gasteiger partial charge is 0.483 e. The molecule has 0 saturated heterocycles. The number of carbonyl (C=O) groups is 1. The standard InChI is InChI=1S/C17H14F2N4O2S/c1-9(24)20-16-21-11-8-25-13-12(14(11)26-16)23(10-6-4-3-5-7-10)22-15(13)17(2,18)19/h3-7H,8H2,1-2H3,(H,20,21,24). The van der Waals surface area contributed by atoms with Gasteiger partial charge >= 0.3 is 0 Å². The van der Waals surface area contributed by atoms with Crippen molar-refractivity contribution in [2.24, 2.45) is 0 Å². The van der Waals surface area contributed by atoms with Crippen LogP contribution in [0.5, 0.6) is 5.75 Å². The van der Waals surface area contributed by atoms with Gasteiger partial charge in [-0.1, -0.05) is 29.5 Å². The molecule has 2 aromatic heterocycles. The van der Waals surface area contributed by atoms with Crippen LogP contribution in [0.4, 0.5) is 13.9 Å². The number of rotatable bonds is 3. The molecule has 26 heavy (non-hydrogen) atoms. The van der Waals surface area contributed by atoms with Crippen LogP contribution in [0.15, 0.2) is 30.3 Å². The van der Waals surface area contributed by atoms with Crippen molar-refractivity contribution in [3.63, 3.8) is 0 Å². The lowest BCUT2D eigenvalue weighted by molar-refractivity contribution is -0.114. The second kappa shape index (κ2) is 5.87. The Morgan fingerprint density at radius 3 is 2.73 bits per heavy atom. The van der Waals surface area contributed by atoms with E-state index in [4.69, 9.17) is 4.74 Å². The van der Waals surface area contributed by atoms with Crippen molar-refractivity contribution < 1.29 is 18.3 Å². The molecular weight excluding hydrogens is 362 g/mol. The molecule has 0 aliphatic carbocycles. The number of amides is 1. The number of alkyl halides is 2. The minimum atomic E-state index is -3.16. The number of fused-ring (bicyclic) bond motifs is 3. The quantitative estimate of drug-likeness (QED) is 0.751. The molecule has 1 aromatic carbocycles. The SMILES string of the molecule is CC(=O)Nc1nc2c(s1)-c1c(c(C(C)(F)F)nn1-c1ccccc1)OC2. The average Bonchev–Trinajstić information content (AvgIpc) is 3.14. The molecular formula is C17H14F2N4O2S. The van der Waals surface area contributed by atoms with Gasteiger partial charge in [-0.2, -0.15) is 13.9 Å². The van der Waals surface area contributed by atoms with Gasteiger partial charge in [0.2, 0.25) is 5.91 Å². The van der Waals surface area contributed by atoms with Crippen LogP contribution in [0.25, 0.3) is 16.3 Å². The Morgan fingerprint density at radius 1 is 1.35 bits per heavy atom. The molecule has 3 aromatic rings. The van der Waals surface area contributed by atoms with Crippen LogP contribution in [-0.2, 0) is 17.3 Å². The highest BCUT2D eigenvalue weighted by atomic mass is 32.1. The third kappa shape index (κ3) is 2.74. The maximum absolute atomic E-state index is 14.1. The number of aromatic nitrogens is 3. The van der Waals surface area contributed by atoms with E-state index in [1.54, 1.807) is 24.3 Å². The van der Waals surface area contributed by atoms with Crippen molar-refractivity contribution in [2.75, 3.05) is 5.32 Å². The predicted molar refractivity (Wildman–Crippen MR) is 92.9 cm³/mol. The zero-order chi connectivity index (χ0) is 18.5. The number of hydrogen-bond donors (Lipinski definition) is 1. The van der Waals surface area contributed by atoms with Crippen molar-refractivity contribution in [2.45, 2.75) is 26.4 Å². The Labute approximate surface area is 151 Å². The maximum Gasteiger partial charge on any atom is 0.292 e. The number of thiazole rings is 1. The molecule has 1 aliphatic heterocycles. The number of nitrogens with zero attached hydrogens (tertiary/aromatic N) is 3. The summed E-state index contributed by atoms with van der Waals surface area (Å²) in [5.74, 6) is -3.37. The molecule has 1 aliphatic rings. The number of nitrogens with one attached hydrogen (secondary N) is 1. The molecule has 1 N–H and O–H groups in total. The molecule has 134 valence electrons. The Balaban J connectivity index is 1.95. The Bertz CT molecular complexity index is 992. The van der Waals surface area contributed by atoms with Gasteiger partial charge in [-0.25, -0.2) is 9.67 Å². The summed E-state index contributed by atoms with van der Waals surface area (Å²) >= 11 is 1.21. The molecule has 6 nitrogen and oxygen atoms in total. The monoisotopic (exact) mass is 376 g/mol. The van der Waals surface area contributed by atoms with Crippen molar-refractivity contribution in [1.82, 2.24) is 14.8 Å². The minimum absolute atomic E-state index is 0.0436. The van der Waals surface area contributed by atoms with E-state index in [1.165, 1.54) is 22.9 Å². The number of halogens is 2. The lowest BCUT2D eigenvalue weighted by atomic mass is 10.1. The van der Waals surface area contributed by atoms with Crippen molar-refractivity contribution in [1.29, 1.82) is 0 Å². The molecule has 0 saturated carbocycles. The molecule has 0 unspecified atom stereocenters. The Kier molecular flexibility index (Phi) is 3.76. The highest BCUT2D eigenvalue weighted by molar-refractivity contribution is 7.19. The molecule has 3 heterocycles. The van der Waals surface area contributed by atoms with Crippen LogP contribution in [0.3, 0.4) is 0 Å². The van der Waals surface area contributed by atoms with Gasteiger partial charge in [0.05, 0.1) is 10.6 Å². The molecule has 0 fully saturated rings. The van der Waals surface area contributed by atoms with E-state index in [9.17, 15) is 13.6 Å². The van der Waals surface area contributed by atoms with E-state index in [0.29, 0.717) is 27.1 Å². The third-order valence-corrected chi connectivity index (χ3v) is 4.83. The lowest BCUT2D eigenvalue weighted by Crippen LogP contribution is -2.12. The second-order valence-electron chi connectivity index (χ2n) is 5.93. The highest BCUT2D eigenvalue weighted by Gasteiger charge is 2.39. The summed E-state index contributed by atoms with van der Waals surface area (Å²) in [5, 5.41) is 7.15. The molecule has 0 bridgehead atoms. The lowest BCUT2D eigenvalue weighted by Gasteiger charge is -2.16. The zero-order valence-electron chi connectivity index (χ0n) is 13.9. The van der Waals surface area contributed by atoms with E-state index in [2.05, 4.69) is 15.4 Å². The molecule has 0 radical (unpaired) electrons. The molecule has 4 rings (SSSR count). The summed E-state index contributed by atoms with van der Waals surface area (Å²) in [6.07, 6.45) is 0. The van der Waals surface area contributed by atoms with Gasteiger partial charge in [0.15, 0.2) is 16.6 Å². The highest BCUT2D eigenvalue weighted by Crippen LogP contribution is 2.48. The first kappa shape index (κ1) is 16.6. The van der Waals surface area contributed by atoms with E-state index in [0.717, 1.165) is 6.92 Å². The van der Waals surface area contributed by atoms with Gasteiger partial charge in [-0.05, 0) is 12.1 Å². The van der Waals surface area contributed by atoms with Crippen molar-refractivity contribution in [3.05, 3.63) is 41.7 Å². The summed E-state index contributed by atoms with van der Waals surface area (Å²) in [4.78, 5) is 16.3. The number of para-hydroxylation sites is 1. The van der Waals surface area contributed by atoms with Gasteiger partial charge < -0.3 is 10.1 Å². The van der Waals surface area contributed by atoms with Gasteiger partial charge in [0.1, 0.15) is 18.0 Å².